The number of carbonyl (C=O) groups excluding carboxylic acids is 2. The number of halogens is 2. The SMILES string of the molecule is Cc1ccc(Cl)cc1NC(=O)N1CCC[C@@H]1c1nnc(C(=O)Nc2ccc(Cl)cc2)s1. The van der Waals surface area contributed by atoms with Crippen LogP contribution in [-0.4, -0.2) is 33.6 Å². The molecular weight excluding hydrogens is 457 g/mol. The maximum absolute atomic E-state index is 12.9. The first-order valence-electron chi connectivity index (χ1n) is 9.65. The number of urea groups is 1. The Kier molecular flexibility index (Phi) is 6.41. The van der Waals surface area contributed by atoms with Crippen molar-refractivity contribution in [3.05, 3.63) is 68.1 Å². The smallest absolute Gasteiger partial charge is 0.320 e. The van der Waals surface area contributed by atoms with Crippen molar-refractivity contribution >= 4 is 57.9 Å². The summed E-state index contributed by atoms with van der Waals surface area (Å²) in [6, 6.07) is 11.7. The number of rotatable bonds is 4. The first-order chi connectivity index (χ1) is 14.9. The highest BCUT2D eigenvalue weighted by atomic mass is 35.5. The summed E-state index contributed by atoms with van der Waals surface area (Å²) in [6.07, 6.45) is 1.61. The molecule has 0 spiro atoms. The summed E-state index contributed by atoms with van der Waals surface area (Å²) in [4.78, 5) is 27.1. The summed E-state index contributed by atoms with van der Waals surface area (Å²) in [7, 11) is 0. The number of nitrogens with zero attached hydrogens (tertiary/aromatic N) is 3. The van der Waals surface area contributed by atoms with Crippen LogP contribution in [0.25, 0.3) is 0 Å². The maximum Gasteiger partial charge on any atom is 0.322 e. The van der Waals surface area contributed by atoms with Gasteiger partial charge in [0.05, 0.1) is 6.04 Å². The molecule has 3 amide bonds. The van der Waals surface area contributed by atoms with Gasteiger partial charge < -0.3 is 15.5 Å². The van der Waals surface area contributed by atoms with E-state index in [1.165, 1.54) is 11.3 Å². The molecule has 1 aliphatic heterocycles. The third kappa shape index (κ3) is 4.98. The lowest BCUT2D eigenvalue weighted by atomic mass is 10.2. The van der Waals surface area contributed by atoms with Crippen LogP contribution in [0, 0.1) is 6.92 Å². The predicted octanol–water partition coefficient (Wildman–Crippen LogP) is 5.77. The van der Waals surface area contributed by atoms with Gasteiger partial charge in [0.1, 0.15) is 5.01 Å². The van der Waals surface area contributed by atoms with Crippen molar-refractivity contribution < 1.29 is 9.59 Å². The number of hydrogen-bond donors (Lipinski definition) is 2. The Labute approximate surface area is 193 Å². The molecule has 0 radical (unpaired) electrons. The van der Waals surface area contributed by atoms with Crippen LogP contribution in [-0.2, 0) is 0 Å². The summed E-state index contributed by atoms with van der Waals surface area (Å²) < 4.78 is 0. The van der Waals surface area contributed by atoms with Crippen molar-refractivity contribution in [2.75, 3.05) is 17.2 Å². The number of likely N-dealkylation sites (tertiary alicyclic amines) is 1. The van der Waals surface area contributed by atoms with Crippen LogP contribution in [0.5, 0.6) is 0 Å². The van der Waals surface area contributed by atoms with E-state index in [-0.39, 0.29) is 23.0 Å². The number of hydrogen-bond acceptors (Lipinski definition) is 5. The van der Waals surface area contributed by atoms with Crippen LogP contribution in [0.3, 0.4) is 0 Å². The van der Waals surface area contributed by atoms with Crippen LogP contribution in [0.2, 0.25) is 10.0 Å². The molecule has 1 aromatic heterocycles. The number of nitrogens with one attached hydrogen (secondary N) is 2. The lowest BCUT2D eigenvalue weighted by Gasteiger charge is -2.23. The Bertz CT molecular complexity index is 1120. The van der Waals surface area contributed by atoms with Gasteiger partial charge >= 0.3 is 6.03 Å². The Balaban J connectivity index is 1.45. The summed E-state index contributed by atoms with van der Waals surface area (Å²) >= 11 is 13.1. The summed E-state index contributed by atoms with van der Waals surface area (Å²) in [6.45, 7) is 2.51. The standard InChI is InChI=1S/C21H19Cl2N5O2S/c1-12-4-5-14(23)11-16(12)25-21(30)28-10-2-3-17(28)19-26-27-20(31-19)18(29)24-15-8-6-13(22)7-9-15/h4-9,11,17H,2-3,10H2,1H3,(H,24,29)(H,25,30)/t17-/m1/s1. The zero-order valence-corrected chi connectivity index (χ0v) is 18.9. The van der Waals surface area contributed by atoms with E-state index in [1.807, 2.05) is 13.0 Å². The number of aryl methyl sites for hydroxylation is 1. The number of aromatic nitrogens is 2. The topological polar surface area (TPSA) is 87.2 Å². The van der Waals surface area contributed by atoms with Crippen molar-refractivity contribution in [1.29, 1.82) is 0 Å². The van der Waals surface area contributed by atoms with E-state index in [0.717, 1.165) is 18.4 Å². The fourth-order valence-corrected chi connectivity index (χ4v) is 4.55. The molecule has 0 aliphatic carbocycles. The van der Waals surface area contributed by atoms with Crippen LogP contribution in [0.4, 0.5) is 16.2 Å². The van der Waals surface area contributed by atoms with E-state index in [9.17, 15) is 9.59 Å². The summed E-state index contributed by atoms with van der Waals surface area (Å²) in [5, 5.41) is 15.9. The molecule has 2 aromatic carbocycles. The van der Waals surface area contributed by atoms with Gasteiger partial charge in [-0.15, -0.1) is 10.2 Å². The molecule has 10 heteroatoms. The van der Waals surface area contributed by atoms with Gasteiger partial charge in [0, 0.05) is 28.0 Å². The van der Waals surface area contributed by atoms with Crippen molar-refractivity contribution in [2.24, 2.45) is 0 Å². The third-order valence-electron chi connectivity index (χ3n) is 4.98. The molecule has 2 N–H and O–H groups in total. The highest BCUT2D eigenvalue weighted by Gasteiger charge is 2.33. The lowest BCUT2D eigenvalue weighted by Crippen LogP contribution is -2.34. The normalized spacial score (nSPS) is 15.7. The lowest BCUT2D eigenvalue weighted by molar-refractivity contribution is 0.102. The average molecular weight is 476 g/mol. The molecule has 2 heterocycles. The molecule has 1 aliphatic rings. The van der Waals surface area contributed by atoms with E-state index in [2.05, 4.69) is 20.8 Å². The summed E-state index contributed by atoms with van der Waals surface area (Å²) in [5.41, 5.74) is 2.21. The van der Waals surface area contributed by atoms with Gasteiger partial charge in [-0.25, -0.2) is 4.79 Å². The monoisotopic (exact) mass is 475 g/mol. The highest BCUT2D eigenvalue weighted by Crippen LogP contribution is 2.34. The molecule has 160 valence electrons. The number of carbonyl (C=O) groups is 2. The van der Waals surface area contributed by atoms with E-state index in [1.54, 1.807) is 41.3 Å². The molecule has 1 saturated heterocycles. The van der Waals surface area contributed by atoms with Gasteiger partial charge in [-0.3, -0.25) is 4.79 Å². The van der Waals surface area contributed by atoms with E-state index < -0.39 is 0 Å². The number of amides is 3. The van der Waals surface area contributed by atoms with E-state index in [0.29, 0.717) is 33.0 Å². The minimum atomic E-state index is -0.352. The van der Waals surface area contributed by atoms with Crippen LogP contribution < -0.4 is 10.6 Å². The molecular formula is C21H19Cl2N5O2S. The predicted molar refractivity (Wildman–Crippen MR) is 123 cm³/mol. The summed E-state index contributed by atoms with van der Waals surface area (Å²) in [5.74, 6) is -0.352. The van der Waals surface area contributed by atoms with Gasteiger partial charge in [-0.05, 0) is 61.7 Å². The highest BCUT2D eigenvalue weighted by molar-refractivity contribution is 7.13. The molecule has 0 bridgehead atoms. The molecule has 1 fully saturated rings. The Morgan fingerprint density at radius 1 is 1.06 bits per heavy atom. The zero-order chi connectivity index (χ0) is 22.0. The second-order valence-electron chi connectivity index (χ2n) is 7.15. The third-order valence-corrected chi connectivity index (χ3v) is 6.49. The zero-order valence-electron chi connectivity index (χ0n) is 16.6. The van der Waals surface area contributed by atoms with Crippen LogP contribution in [0.15, 0.2) is 42.5 Å². The fourth-order valence-electron chi connectivity index (χ4n) is 3.36. The molecule has 31 heavy (non-hydrogen) atoms. The average Bonchev–Trinajstić information content (AvgIpc) is 3.42. The Morgan fingerprint density at radius 2 is 1.81 bits per heavy atom. The quantitative estimate of drug-likeness (QED) is 0.500. The second-order valence-corrected chi connectivity index (χ2v) is 9.03. The van der Waals surface area contributed by atoms with Crippen molar-refractivity contribution in [1.82, 2.24) is 15.1 Å². The molecule has 0 saturated carbocycles. The van der Waals surface area contributed by atoms with Gasteiger partial charge in [-0.1, -0.05) is 40.6 Å². The van der Waals surface area contributed by atoms with Crippen molar-refractivity contribution in [2.45, 2.75) is 25.8 Å². The van der Waals surface area contributed by atoms with Gasteiger partial charge in [0.2, 0.25) is 5.01 Å². The first kappa shape index (κ1) is 21.5. The van der Waals surface area contributed by atoms with Crippen molar-refractivity contribution in [3.63, 3.8) is 0 Å². The molecule has 0 unspecified atom stereocenters. The van der Waals surface area contributed by atoms with E-state index >= 15 is 0 Å². The minimum absolute atomic E-state index is 0.227. The molecule has 3 aromatic rings. The first-order valence-corrected chi connectivity index (χ1v) is 11.2. The van der Waals surface area contributed by atoms with Crippen LogP contribution in [0.1, 0.15) is 39.3 Å². The van der Waals surface area contributed by atoms with Gasteiger partial charge in [0.15, 0.2) is 0 Å². The van der Waals surface area contributed by atoms with Crippen molar-refractivity contribution in [3.8, 4) is 0 Å². The second kappa shape index (κ2) is 9.21. The maximum atomic E-state index is 12.9. The molecule has 7 nitrogen and oxygen atoms in total. The number of benzene rings is 2. The molecule has 4 rings (SSSR count). The van der Waals surface area contributed by atoms with Gasteiger partial charge in [-0.2, -0.15) is 0 Å². The Hall–Kier alpha value is -2.68. The van der Waals surface area contributed by atoms with E-state index in [4.69, 9.17) is 23.2 Å². The number of anilines is 2. The van der Waals surface area contributed by atoms with Crippen LogP contribution >= 0.6 is 34.5 Å². The van der Waals surface area contributed by atoms with Gasteiger partial charge in [0.25, 0.3) is 5.91 Å². The fraction of sp³-hybridized carbons (Fsp3) is 0.238. The Morgan fingerprint density at radius 3 is 2.58 bits per heavy atom. The minimum Gasteiger partial charge on any atom is -0.320 e. The largest absolute Gasteiger partial charge is 0.322 e. The molecule has 1 atom stereocenters.